The number of pyridine rings is 1. The van der Waals surface area contributed by atoms with Crippen molar-refractivity contribution in [1.82, 2.24) is 10.3 Å². The van der Waals surface area contributed by atoms with Crippen molar-refractivity contribution in [2.75, 3.05) is 13.2 Å². The third kappa shape index (κ3) is 5.07. The molecule has 5 heteroatoms. The SMILES string of the molecule is CCC[C@@H](C(=O)NCC(=O)OCC)c1ccccn1. The summed E-state index contributed by atoms with van der Waals surface area (Å²) in [5.41, 5.74) is 0.728. The summed E-state index contributed by atoms with van der Waals surface area (Å²) in [6.07, 6.45) is 3.23. The number of ether oxygens (including phenoxy) is 1. The molecule has 5 nitrogen and oxygen atoms in total. The van der Waals surface area contributed by atoms with E-state index in [1.54, 1.807) is 13.1 Å². The number of hydrogen-bond acceptors (Lipinski definition) is 4. The Labute approximate surface area is 113 Å². The van der Waals surface area contributed by atoms with Crippen molar-refractivity contribution in [2.45, 2.75) is 32.6 Å². The molecule has 0 fully saturated rings. The lowest BCUT2D eigenvalue weighted by molar-refractivity contribution is -0.143. The molecule has 1 atom stereocenters. The highest BCUT2D eigenvalue weighted by Crippen LogP contribution is 2.19. The lowest BCUT2D eigenvalue weighted by Gasteiger charge is -2.15. The Morgan fingerprint density at radius 1 is 1.37 bits per heavy atom. The van der Waals surface area contributed by atoms with Gasteiger partial charge in [-0.15, -0.1) is 0 Å². The second-order valence-electron chi connectivity index (χ2n) is 4.12. The molecule has 0 spiro atoms. The van der Waals surface area contributed by atoms with Gasteiger partial charge in [0.05, 0.1) is 18.2 Å². The number of amides is 1. The average Bonchev–Trinajstić information content (AvgIpc) is 2.43. The quantitative estimate of drug-likeness (QED) is 0.760. The van der Waals surface area contributed by atoms with Gasteiger partial charge >= 0.3 is 5.97 Å². The first-order valence-corrected chi connectivity index (χ1v) is 6.53. The van der Waals surface area contributed by atoms with E-state index < -0.39 is 5.97 Å². The summed E-state index contributed by atoms with van der Waals surface area (Å²) in [5.74, 6) is -0.929. The molecule has 0 saturated carbocycles. The zero-order valence-corrected chi connectivity index (χ0v) is 11.4. The predicted molar refractivity (Wildman–Crippen MR) is 71.5 cm³/mol. The van der Waals surface area contributed by atoms with Crippen molar-refractivity contribution in [1.29, 1.82) is 0 Å². The monoisotopic (exact) mass is 264 g/mol. The van der Waals surface area contributed by atoms with Crippen molar-refractivity contribution in [3.05, 3.63) is 30.1 Å². The molecule has 104 valence electrons. The van der Waals surface area contributed by atoms with Crippen LogP contribution in [-0.4, -0.2) is 30.0 Å². The average molecular weight is 264 g/mol. The van der Waals surface area contributed by atoms with E-state index in [1.807, 2.05) is 25.1 Å². The number of carbonyl (C=O) groups excluding carboxylic acids is 2. The van der Waals surface area contributed by atoms with Crippen molar-refractivity contribution in [3.8, 4) is 0 Å². The van der Waals surface area contributed by atoms with Crippen LogP contribution in [0.15, 0.2) is 24.4 Å². The molecular formula is C14H20N2O3. The van der Waals surface area contributed by atoms with Crippen molar-refractivity contribution in [2.24, 2.45) is 0 Å². The number of carbonyl (C=O) groups is 2. The largest absolute Gasteiger partial charge is 0.465 e. The highest BCUT2D eigenvalue weighted by atomic mass is 16.5. The van der Waals surface area contributed by atoms with Crippen LogP contribution >= 0.6 is 0 Å². The standard InChI is InChI=1S/C14H20N2O3/c1-3-7-11(12-8-5-6-9-15-12)14(18)16-10-13(17)19-4-2/h5-6,8-9,11H,3-4,7,10H2,1-2H3,(H,16,18)/t11-/m1/s1. The van der Waals surface area contributed by atoms with Crippen LogP contribution in [0, 0.1) is 0 Å². The fourth-order valence-corrected chi connectivity index (χ4v) is 1.78. The highest BCUT2D eigenvalue weighted by molar-refractivity contribution is 5.86. The van der Waals surface area contributed by atoms with Crippen LogP contribution in [0.1, 0.15) is 38.3 Å². The number of aromatic nitrogens is 1. The molecule has 1 N–H and O–H groups in total. The third-order valence-electron chi connectivity index (χ3n) is 2.65. The Morgan fingerprint density at radius 3 is 2.74 bits per heavy atom. The maximum Gasteiger partial charge on any atom is 0.325 e. The Morgan fingerprint density at radius 2 is 2.16 bits per heavy atom. The second kappa shape index (κ2) is 8.24. The van der Waals surface area contributed by atoms with E-state index in [0.717, 1.165) is 12.1 Å². The molecule has 0 aliphatic rings. The van der Waals surface area contributed by atoms with Crippen LogP contribution < -0.4 is 5.32 Å². The van der Waals surface area contributed by atoms with Crippen molar-refractivity contribution < 1.29 is 14.3 Å². The van der Waals surface area contributed by atoms with Crippen molar-refractivity contribution >= 4 is 11.9 Å². The third-order valence-corrected chi connectivity index (χ3v) is 2.65. The van der Waals surface area contributed by atoms with Crippen LogP contribution in [0.4, 0.5) is 0 Å². The molecule has 1 rings (SSSR count). The van der Waals surface area contributed by atoms with E-state index in [0.29, 0.717) is 13.0 Å². The van der Waals surface area contributed by atoms with Gasteiger partial charge in [0.2, 0.25) is 5.91 Å². The summed E-state index contributed by atoms with van der Waals surface area (Å²) in [7, 11) is 0. The van der Waals surface area contributed by atoms with Gasteiger partial charge in [-0.05, 0) is 25.5 Å². The number of nitrogens with zero attached hydrogens (tertiary/aromatic N) is 1. The molecule has 1 aromatic heterocycles. The van der Waals surface area contributed by atoms with Gasteiger partial charge in [-0.2, -0.15) is 0 Å². The molecule has 0 unspecified atom stereocenters. The van der Waals surface area contributed by atoms with Crippen LogP contribution in [0.3, 0.4) is 0 Å². The topological polar surface area (TPSA) is 68.3 Å². The summed E-state index contributed by atoms with van der Waals surface area (Å²) in [4.78, 5) is 27.5. The van der Waals surface area contributed by atoms with Crippen LogP contribution in [0.2, 0.25) is 0 Å². The summed E-state index contributed by atoms with van der Waals surface area (Å²) < 4.78 is 4.77. The summed E-state index contributed by atoms with van der Waals surface area (Å²) in [6, 6.07) is 5.48. The minimum Gasteiger partial charge on any atom is -0.465 e. The molecule has 0 aliphatic heterocycles. The van der Waals surface area contributed by atoms with Gasteiger partial charge < -0.3 is 10.1 Å². The van der Waals surface area contributed by atoms with Gasteiger partial charge in [0.15, 0.2) is 0 Å². The van der Waals surface area contributed by atoms with E-state index in [9.17, 15) is 9.59 Å². The number of hydrogen-bond donors (Lipinski definition) is 1. The second-order valence-corrected chi connectivity index (χ2v) is 4.12. The molecule has 1 heterocycles. The molecule has 1 aromatic rings. The van der Waals surface area contributed by atoms with Gasteiger partial charge in [0, 0.05) is 6.20 Å². The molecule has 0 saturated heterocycles. The van der Waals surface area contributed by atoms with Gasteiger partial charge in [-0.3, -0.25) is 14.6 Å². The molecule has 0 aliphatic carbocycles. The maximum absolute atomic E-state index is 12.1. The highest BCUT2D eigenvalue weighted by Gasteiger charge is 2.21. The number of rotatable bonds is 7. The van der Waals surface area contributed by atoms with Crippen LogP contribution in [-0.2, 0) is 14.3 Å². The Balaban J connectivity index is 2.61. The summed E-state index contributed by atoms with van der Waals surface area (Å²) in [5, 5.41) is 2.60. The van der Waals surface area contributed by atoms with Crippen LogP contribution in [0.5, 0.6) is 0 Å². The molecule has 0 bridgehead atoms. The number of nitrogens with one attached hydrogen (secondary N) is 1. The maximum atomic E-state index is 12.1. The summed E-state index contributed by atoms with van der Waals surface area (Å²) in [6.45, 7) is 3.95. The van der Waals surface area contributed by atoms with E-state index >= 15 is 0 Å². The molecule has 19 heavy (non-hydrogen) atoms. The fourth-order valence-electron chi connectivity index (χ4n) is 1.78. The lowest BCUT2D eigenvalue weighted by atomic mass is 9.98. The van der Waals surface area contributed by atoms with Gasteiger partial charge in [0.25, 0.3) is 0 Å². The van der Waals surface area contributed by atoms with E-state index in [2.05, 4.69) is 10.3 Å². The minimum atomic E-state index is -0.424. The first-order chi connectivity index (χ1) is 9.19. The minimum absolute atomic E-state index is 0.0975. The number of esters is 1. The molecule has 0 aromatic carbocycles. The summed E-state index contributed by atoms with van der Waals surface area (Å²) >= 11 is 0. The molecule has 0 radical (unpaired) electrons. The first kappa shape index (κ1) is 15.1. The molecular weight excluding hydrogens is 244 g/mol. The van der Waals surface area contributed by atoms with Crippen LogP contribution in [0.25, 0.3) is 0 Å². The van der Waals surface area contributed by atoms with Gasteiger partial charge in [-0.25, -0.2) is 0 Å². The molecule has 1 amide bonds. The smallest absolute Gasteiger partial charge is 0.325 e. The first-order valence-electron chi connectivity index (χ1n) is 6.53. The predicted octanol–water partition coefficient (Wildman–Crippen LogP) is 1.64. The zero-order valence-electron chi connectivity index (χ0n) is 11.4. The van der Waals surface area contributed by atoms with E-state index in [1.165, 1.54) is 0 Å². The van der Waals surface area contributed by atoms with E-state index in [-0.39, 0.29) is 18.4 Å². The van der Waals surface area contributed by atoms with Gasteiger partial charge in [0.1, 0.15) is 6.54 Å². The van der Waals surface area contributed by atoms with Gasteiger partial charge in [-0.1, -0.05) is 19.4 Å². The fraction of sp³-hybridized carbons (Fsp3) is 0.500. The normalized spacial score (nSPS) is 11.7. The van der Waals surface area contributed by atoms with E-state index in [4.69, 9.17) is 4.74 Å². The Hall–Kier alpha value is -1.91. The Kier molecular flexibility index (Phi) is 6.57. The Bertz CT molecular complexity index is 406. The lowest BCUT2D eigenvalue weighted by Crippen LogP contribution is -2.34. The van der Waals surface area contributed by atoms with Crippen molar-refractivity contribution in [3.63, 3.8) is 0 Å². The zero-order chi connectivity index (χ0) is 14.1.